The first-order valence-corrected chi connectivity index (χ1v) is 14.6. The number of amides is 2. The third-order valence-corrected chi connectivity index (χ3v) is 8.70. The summed E-state index contributed by atoms with van der Waals surface area (Å²) in [6, 6.07) is 16.7. The van der Waals surface area contributed by atoms with Crippen molar-refractivity contribution in [3.8, 4) is 11.3 Å². The van der Waals surface area contributed by atoms with Crippen LogP contribution in [0, 0.1) is 22.0 Å². The van der Waals surface area contributed by atoms with E-state index in [2.05, 4.69) is 4.98 Å². The van der Waals surface area contributed by atoms with Crippen molar-refractivity contribution in [2.24, 2.45) is 11.8 Å². The number of aromatic nitrogens is 1. The maximum atomic E-state index is 13.3. The minimum atomic E-state index is -0.829. The first-order valence-electron chi connectivity index (χ1n) is 13.9. The fourth-order valence-electron chi connectivity index (χ4n) is 5.85. The average molecular weight is 632 g/mol. The zero-order chi connectivity index (χ0) is 31.1. The molecule has 2 atom stereocenters. The summed E-state index contributed by atoms with van der Waals surface area (Å²) >= 11 is 12.3. The van der Waals surface area contributed by atoms with Crippen LogP contribution < -0.4 is 4.90 Å². The van der Waals surface area contributed by atoms with Crippen molar-refractivity contribution in [3.05, 3.63) is 98.0 Å². The molecule has 1 aliphatic heterocycles. The zero-order valence-corrected chi connectivity index (χ0v) is 24.5. The van der Waals surface area contributed by atoms with Crippen LogP contribution >= 0.6 is 23.2 Å². The minimum Gasteiger partial charge on any atom is -0.454 e. The van der Waals surface area contributed by atoms with Crippen LogP contribution in [-0.4, -0.2) is 40.1 Å². The number of pyridine rings is 1. The summed E-state index contributed by atoms with van der Waals surface area (Å²) in [4.78, 5) is 68.5. The summed E-state index contributed by atoms with van der Waals surface area (Å²) in [5, 5.41) is 11.8. The molecule has 1 aromatic heterocycles. The second kappa shape index (κ2) is 11.8. The molecule has 2 fully saturated rings. The monoisotopic (exact) mass is 631 g/mol. The number of carbonyl (C=O) groups is 4. The standard InChI is InChI=1S/C32H23Cl2N3O7/c33-24-13-10-18(14-27(24)37(42)43)28(38)16-44-32(41)23-15-26(35-29-20(23)6-3-7-25(29)34)17-8-11-19(12-9-17)36-30(39)21-4-1-2-5-22(21)31(36)40/h3,6-15,21-22H,1-2,4-5,16H2. The Morgan fingerprint density at radius 3 is 2.27 bits per heavy atom. The summed E-state index contributed by atoms with van der Waals surface area (Å²) in [5.74, 6) is -2.36. The first-order chi connectivity index (χ1) is 21.1. The van der Waals surface area contributed by atoms with E-state index in [0.29, 0.717) is 27.8 Å². The van der Waals surface area contributed by atoms with E-state index in [1.54, 1.807) is 42.5 Å². The summed E-state index contributed by atoms with van der Waals surface area (Å²) in [6.45, 7) is -0.675. The number of hydrogen-bond acceptors (Lipinski definition) is 8. The van der Waals surface area contributed by atoms with Crippen LogP contribution in [0.1, 0.15) is 46.4 Å². The molecule has 12 heteroatoms. The maximum Gasteiger partial charge on any atom is 0.339 e. The summed E-state index contributed by atoms with van der Waals surface area (Å²) in [5.41, 5.74) is 1.38. The Hall–Kier alpha value is -4.67. The van der Waals surface area contributed by atoms with Crippen LogP contribution in [0.2, 0.25) is 10.0 Å². The van der Waals surface area contributed by atoms with Crippen molar-refractivity contribution >= 4 is 69.0 Å². The van der Waals surface area contributed by atoms with E-state index in [1.807, 2.05) is 0 Å². The van der Waals surface area contributed by atoms with Gasteiger partial charge in [-0.2, -0.15) is 0 Å². The molecule has 222 valence electrons. The second-order valence-corrected chi connectivity index (χ2v) is 11.5. The average Bonchev–Trinajstić information content (AvgIpc) is 3.28. The minimum absolute atomic E-state index is 0.0356. The molecule has 2 aliphatic rings. The van der Waals surface area contributed by atoms with Gasteiger partial charge in [-0.3, -0.25) is 29.4 Å². The van der Waals surface area contributed by atoms with Gasteiger partial charge in [0.05, 0.1) is 44.2 Å². The van der Waals surface area contributed by atoms with Crippen LogP contribution in [-0.2, 0) is 14.3 Å². The van der Waals surface area contributed by atoms with Gasteiger partial charge < -0.3 is 4.74 Å². The Morgan fingerprint density at radius 2 is 1.61 bits per heavy atom. The number of Topliss-reactive ketones (excluding diaryl/α,β-unsaturated/α-hetero) is 1. The molecule has 0 radical (unpaired) electrons. The van der Waals surface area contributed by atoms with E-state index in [9.17, 15) is 29.3 Å². The van der Waals surface area contributed by atoms with Crippen LogP contribution in [0.5, 0.6) is 0 Å². The van der Waals surface area contributed by atoms with Crippen molar-refractivity contribution in [2.75, 3.05) is 11.5 Å². The Bertz CT molecular complexity index is 1850. The van der Waals surface area contributed by atoms with E-state index in [0.717, 1.165) is 31.7 Å². The molecule has 10 nitrogen and oxygen atoms in total. The van der Waals surface area contributed by atoms with Crippen molar-refractivity contribution in [1.82, 2.24) is 4.98 Å². The van der Waals surface area contributed by atoms with E-state index in [1.165, 1.54) is 23.1 Å². The molecule has 4 aromatic rings. The summed E-state index contributed by atoms with van der Waals surface area (Å²) in [7, 11) is 0. The van der Waals surface area contributed by atoms with Crippen LogP contribution in [0.25, 0.3) is 22.2 Å². The number of para-hydroxylation sites is 1. The van der Waals surface area contributed by atoms with E-state index in [-0.39, 0.29) is 44.8 Å². The fourth-order valence-corrected chi connectivity index (χ4v) is 6.25. The van der Waals surface area contributed by atoms with Crippen LogP contribution in [0.15, 0.2) is 66.7 Å². The molecular weight excluding hydrogens is 609 g/mol. The van der Waals surface area contributed by atoms with Crippen LogP contribution in [0.3, 0.4) is 0 Å². The number of nitro benzene ring substituents is 1. The molecule has 1 saturated carbocycles. The van der Waals surface area contributed by atoms with Crippen molar-refractivity contribution < 1.29 is 28.8 Å². The molecule has 2 amide bonds. The number of halogens is 2. The number of hydrogen-bond donors (Lipinski definition) is 0. The van der Waals surface area contributed by atoms with Gasteiger partial charge in [-0.25, -0.2) is 9.78 Å². The number of ether oxygens (including phenoxy) is 1. The molecule has 3 aromatic carbocycles. The lowest BCUT2D eigenvalue weighted by Gasteiger charge is -2.19. The van der Waals surface area contributed by atoms with Crippen LogP contribution in [0.4, 0.5) is 11.4 Å². The summed E-state index contributed by atoms with van der Waals surface area (Å²) in [6.07, 6.45) is 3.31. The molecule has 6 rings (SSSR count). The number of nitrogens with zero attached hydrogens (tertiary/aromatic N) is 3. The van der Waals surface area contributed by atoms with Gasteiger partial charge in [0, 0.05) is 22.6 Å². The highest BCUT2D eigenvalue weighted by Crippen LogP contribution is 2.40. The molecule has 1 aliphatic carbocycles. The first kappa shape index (κ1) is 29.4. The second-order valence-electron chi connectivity index (χ2n) is 10.7. The van der Waals surface area contributed by atoms with Crippen molar-refractivity contribution in [3.63, 3.8) is 0 Å². The topological polar surface area (TPSA) is 137 Å². The van der Waals surface area contributed by atoms with Gasteiger partial charge in [0.2, 0.25) is 17.6 Å². The molecule has 1 saturated heterocycles. The molecular formula is C32H23Cl2N3O7. The maximum absolute atomic E-state index is 13.3. The van der Waals surface area contributed by atoms with Crippen molar-refractivity contribution in [2.45, 2.75) is 25.7 Å². The van der Waals surface area contributed by atoms with E-state index in [4.69, 9.17) is 27.9 Å². The highest BCUT2D eigenvalue weighted by molar-refractivity contribution is 6.35. The predicted molar refractivity (Wildman–Crippen MR) is 163 cm³/mol. The van der Waals surface area contributed by atoms with Gasteiger partial charge in [-0.1, -0.05) is 60.3 Å². The highest BCUT2D eigenvalue weighted by Gasteiger charge is 2.48. The molecule has 2 unspecified atom stereocenters. The number of carbonyl (C=O) groups excluding carboxylic acids is 4. The lowest BCUT2D eigenvalue weighted by atomic mass is 9.81. The summed E-state index contributed by atoms with van der Waals surface area (Å²) < 4.78 is 5.33. The Labute approximate surface area is 260 Å². The fraction of sp³-hybridized carbons (Fsp3) is 0.219. The Morgan fingerprint density at radius 1 is 0.932 bits per heavy atom. The number of benzene rings is 3. The lowest BCUT2D eigenvalue weighted by molar-refractivity contribution is -0.384. The van der Waals surface area contributed by atoms with E-state index >= 15 is 0 Å². The predicted octanol–water partition coefficient (Wildman–Crippen LogP) is 6.84. The largest absolute Gasteiger partial charge is 0.454 e. The number of nitro groups is 1. The van der Waals surface area contributed by atoms with Gasteiger partial charge >= 0.3 is 5.97 Å². The lowest BCUT2D eigenvalue weighted by Crippen LogP contribution is -2.30. The Balaban J connectivity index is 1.27. The smallest absolute Gasteiger partial charge is 0.339 e. The van der Waals surface area contributed by atoms with E-state index < -0.39 is 29.0 Å². The third kappa shape index (κ3) is 5.31. The number of rotatable bonds is 7. The van der Waals surface area contributed by atoms with Gasteiger partial charge in [0.25, 0.3) is 5.69 Å². The van der Waals surface area contributed by atoms with Gasteiger partial charge in [-0.05, 0) is 49.2 Å². The number of esters is 1. The number of fused-ring (bicyclic) bond motifs is 2. The third-order valence-electron chi connectivity index (χ3n) is 8.07. The van der Waals surface area contributed by atoms with Gasteiger partial charge in [0.15, 0.2) is 6.61 Å². The highest BCUT2D eigenvalue weighted by atomic mass is 35.5. The molecule has 44 heavy (non-hydrogen) atoms. The quantitative estimate of drug-likeness (QED) is 0.0711. The number of ketones is 1. The Kier molecular flexibility index (Phi) is 7.87. The molecule has 0 spiro atoms. The molecule has 0 bridgehead atoms. The number of anilines is 1. The number of imide groups is 1. The van der Waals surface area contributed by atoms with Crippen molar-refractivity contribution in [1.29, 1.82) is 0 Å². The zero-order valence-electron chi connectivity index (χ0n) is 23.0. The normalized spacial score (nSPS) is 17.9. The molecule has 2 heterocycles. The van der Waals surface area contributed by atoms with Gasteiger partial charge in [0.1, 0.15) is 5.02 Å². The van der Waals surface area contributed by atoms with Gasteiger partial charge in [-0.15, -0.1) is 0 Å². The molecule has 0 N–H and O–H groups in total. The SMILES string of the molecule is O=C(COC(=O)c1cc(-c2ccc(N3C(=O)C4CCCCC4C3=O)cc2)nc2c(Cl)cccc12)c1ccc(Cl)c([N+](=O)[O-])c1.